The topological polar surface area (TPSA) is 58.4 Å². The zero-order valence-corrected chi connectivity index (χ0v) is 12.6. The molecule has 0 unspecified atom stereocenters. The molecule has 1 saturated heterocycles. The molecule has 0 spiro atoms. The number of hydrogen-bond acceptors (Lipinski definition) is 3. The molecule has 0 N–H and O–H groups in total. The molecule has 0 radical (unpaired) electrons. The summed E-state index contributed by atoms with van der Waals surface area (Å²) < 4.78 is 39.4. The Hall–Kier alpha value is -2.84. The smallest absolute Gasteiger partial charge is 0.282 e. The van der Waals surface area contributed by atoms with E-state index >= 15 is 0 Å². The van der Waals surface area contributed by atoms with Crippen LogP contribution in [0.4, 0.5) is 23.7 Å². The van der Waals surface area contributed by atoms with E-state index in [-0.39, 0.29) is 12.4 Å². The third kappa shape index (κ3) is 2.61. The number of anilines is 1. The molecule has 0 aliphatic carbocycles. The average molecular weight is 338 g/mol. The van der Waals surface area contributed by atoms with E-state index in [1.807, 2.05) is 0 Å². The van der Waals surface area contributed by atoms with Gasteiger partial charge in [-0.3, -0.25) is 19.2 Å². The Labute approximate surface area is 135 Å². The van der Waals surface area contributed by atoms with Crippen molar-refractivity contribution in [1.82, 2.24) is 14.5 Å². The minimum absolute atomic E-state index is 0.0974. The Kier molecular flexibility index (Phi) is 4.00. The zero-order chi connectivity index (χ0) is 17.4. The van der Waals surface area contributed by atoms with Gasteiger partial charge in [0.1, 0.15) is 17.7 Å². The molecule has 126 valence electrons. The molecule has 1 aliphatic rings. The van der Waals surface area contributed by atoms with Crippen molar-refractivity contribution in [3.63, 3.8) is 0 Å². The van der Waals surface area contributed by atoms with E-state index in [1.54, 1.807) is 0 Å². The second kappa shape index (κ2) is 5.99. The minimum Gasteiger partial charge on any atom is -0.282 e. The highest BCUT2D eigenvalue weighted by molar-refractivity contribution is 6.13. The number of carbonyl (C=O) groups excluding carboxylic acids is 2. The molecule has 3 amide bonds. The second-order valence-corrected chi connectivity index (χ2v) is 5.26. The van der Waals surface area contributed by atoms with Crippen LogP contribution in [0.5, 0.6) is 0 Å². The third-order valence-corrected chi connectivity index (χ3v) is 3.81. The van der Waals surface area contributed by atoms with Gasteiger partial charge in [-0.15, -0.1) is 0 Å². The minimum atomic E-state index is -2.82. The van der Waals surface area contributed by atoms with Gasteiger partial charge in [0.25, 0.3) is 5.91 Å². The van der Waals surface area contributed by atoms with Crippen molar-refractivity contribution in [2.45, 2.75) is 26.1 Å². The first-order chi connectivity index (χ1) is 11.4. The number of urea groups is 1. The highest BCUT2D eigenvalue weighted by Gasteiger charge is 2.43. The number of imidazole rings is 1. The fourth-order valence-corrected chi connectivity index (χ4v) is 2.59. The predicted molar refractivity (Wildman–Crippen MR) is 77.8 cm³/mol. The zero-order valence-electron chi connectivity index (χ0n) is 12.6. The molecule has 1 aromatic carbocycles. The maximum Gasteiger partial charge on any atom is 0.332 e. The lowest BCUT2D eigenvalue weighted by molar-refractivity contribution is -0.127. The lowest BCUT2D eigenvalue weighted by atomic mass is 10.2. The Bertz CT molecular complexity index is 775. The molecule has 0 bridgehead atoms. The van der Waals surface area contributed by atoms with Gasteiger partial charge in [0.05, 0.1) is 6.54 Å². The van der Waals surface area contributed by atoms with Crippen LogP contribution < -0.4 is 4.90 Å². The van der Waals surface area contributed by atoms with E-state index in [4.69, 9.17) is 0 Å². The van der Waals surface area contributed by atoms with Gasteiger partial charge in [-0.05, 0) is 31.2 Å². The van der Waals surface area contributed by atoms with Crippen molar-refractivity contribution in [2.75, 3.05) is 4.90 Å². The van der Waals surface area contributed by atoms with E-state index < -0.39 is 30.3 Å². The predicted octanol–water partition coefficient (Wildman–Crippen LogP) is 2.77. The number of halogens is 3. The highest BCUT2D eigenvalue weighted by atomic mass is 19.3. The SMILES string of the molecule is C[C@@H]1C(=O)N(Cc2nccn2C(F)F)C(=O)N1c1ccc(F)cc1. The monoisotopic (exact) mass is 338 g/mol. The first-order valence-electron chi connectivity index (χ1n) is 7.10. The molecule has 1 aromatic heterocycles. The van der Waals surface area contributed by atoms with Gasteiger partial charge in [-0.1, -0.05) is 0 Å². The van der Waals surface area contributed by atoms with E-state index in [0.29, 0.717) is 10.3 Å². The summed E-state index contributed by atoms with van der Waals surface area (Å²) in [5, 5.41) is 0. The molecule has 0 saturated carbocycles. The third-order valence-electron chi connectivity index (χ3n) is 3.81. The van der Waals surface area contributed by atoms with Gasteiger partial charge in [-0.25, -0.2) is 14.2 Å². The summed E-state index contributed by atoms with van der Waals surface area (Å²) in [4.78, 5) is 30.7. The van der Waals surface area contributed by atoms with Crippen molar-refractivity contribution in [1.29, 1.82) is 0 Å². The fourth-order valence-electron chi connectivity index (χ4n) is 2.59. The van der Waals surface area contributed by atoms with Crippen LogP contribution in [-0.4, -0.2) is 32.4 Å². The Balaban J connectivity index is 1.88. The Morgan fingerprint density at radius 2 is 1.88 bits per heavy atom. The van der Waals surface area contributed by atoms with E-state index in [0.717, 1.165) is 11.1 Å². The number of alkyl halides is 2. The van der Waals surface area contributed by atoms with Gasteiger partial charge in [0.15, 0.2) is 0 Å². The molecular formula is C15H13F3N4O2. The summed E-state index contributed by atoms with van der Waals surface area (Å²) in [7, 11) is 0. The van der Waals surface area contributed by atoms with Crippen LogP contribution in [0, 0.1) is 5.82 Å². The maximum absolute atomic E-state index is 13.0. The van der Waals surface area contributed by atoms with Crippen LogP contribution in [0.15, 0.2) is 36.7 Å². The van der Waals surface area contributed by atoms with E-state index in [9.17, 15) is 22.8 Å². The molecule has 1 aliphatic heterocycles. The Morgan fingerprint density at radius 1 is 1.21 bits per heavy atom. The normalized spacial score (nSPS) is 18.1. The summed E-state index contributed by atoms with van der Waals surface area (Å²) in [6.07, 6.45) is 2.25. The first-order valence-corrected chi connectivity index (χ1v) is 7.10. The van der Waals surface area contributed by atoms with Crippen molar-refractivity contribution in [2.24, 2.45) is 0 Å². The standard InChI is InChI=1S/C15H13F3N4O2/c1-9-13(23)21(8-12-19-6-7-20(12)14(17)18)15(24)22(9)11-4-2-10(16)3-5-11/h2-7,9,14H,8H2,1H3/t9-/m1/s1. The number of amides is 3. The fraction of sp³-hybridized carbons (Fsp3) is 0.267. The molecule has 9 heteroatoms. The number of carbonyl (C=O) groups is 2. The molecule has 2 heterocycles. The average Bonchev–Trinajstić information content (AvgIpc) is 3.09. The summed E-state index contributed by atoms with van der Waals surface area (Å²) in [6, 6.07) is 3.61. The van der Waals surface area contributed by atoms with Crippen LogP contribution in [0.2, 0.25) is 0 Å². The molecule has 3 rings (SSSR count). The summed E-state index contributed by atoms with van der Waals surface area (Å²) in [5.41, 5.74) is 0.349. The van der Waals surface area contributed by atoms with Gasteiger partial charge in [0, 0.05) is 18.1 Å². The molecule has 2 aromatic rings. The van der Waals surface area contributed by atoms with E-state index in [1.165, 1.54) is 42.3 Å². The van der Waals surface area contributed by atoms with Crippen LogP contribution in [0.1, 0.15) is 19.3 Å². The van der Waals surface area contributed by atoms with E-state index in [2.05, 4.69) is 4.98 Å². The molecule has 6 nitrogen and oxygen atoms in total. The van der Waals surface area contributed by atoms with Gasteiger partial charge in [-0.2, -0.15) is 8.78 Å². The van der Waals surface area contributed by atoms with Gasteiger partial charge >= 0.3 is 12.6 Å². The largest absolute Gasteiger partial charge is 0.332 e. The number of imide groups is 1. The molecule has 1 fully saturated rings. The molecular weight excluding hydrogens is 325 g/mol. The summed E-state index contributed by atoms with van der Waals surface area (Å²) in [5.74, 6) is -1.10. The summed E-state index contributed by atoms with van der Waals surface area (Å²) >= 11 is 0. The molecule has 24 heavy (non-hydrogen) atoms. The molecule has 1 atom stereocenters. The van der Waals surface area contributed by atoms with Gasteiger partial charge in [0.2, 0.25) is 0 Å². The number of aromatic nitrogens is 2. The number of rotatable bonds is 4. The van der Waals surface area contributed by atoms with Crippen molar-refractivity contribution < 1.29 is 22.8 Å². The lowest BCUT2D eigenvalue weighted by Gasteiger charge is -2.19. The number of hydrogen-bond donors (Lipinski definition) is 0. The number of benzene rings is 1. The van der Waals surface area contributed by atoms with Crippen molar-refractivity contribution in [3.8, 4) is 0 Å². The second-order valence-electron chi connectivity index (χ2n) is 5.26. The van der Waals surface area contributed by atoms with Crippen LogP contribution in [0.3, 0.4) is 0 Å². The van der Waals surface area contributed by atoms with Crippen molar-refractivity contribution >= 4 is 17.6 Å². The Morgan fingerprint density at radius 3 is 2.50 bits per heavy atom. The van der Waals surface area contributed by atoms with Crippen LogP contribution in [-0.2, 0) is 11.3 Å². The van der Waals surface area contributed by atoms with Crippen LogP contribution in [0.25, 0.3) is 0 Å². The lowest BCUT2D eigenvalue weighted by Crippen LogP contribution is -2.34. The van der Waals surface area contributed by atoms with Crippen molar-refractivity contribution in [3.05, 3.63) is 48.3 Å². The number of nitrogens with zero attached hydrogens (tertiary/aromatic N) is 4. The quantitative estimate of drug-likeness (QED) is 0.806. The maximum atomic E-state index is 13.0. The van der Waals surface area contributed by atoms with Crippen LogP contribution >= 0.6 is 0 Å². The first kappa shape index (κ1) is 16.0. The highest BCUT2D eigenvalue weighted by Crippen LogP contribution is 2.27. The van der Waals surface area contributed by atoms with Gasteiger partial charge < -0.3 is 0 Å². The summed E-state index contributed by atoms with van der Waals surface area (Å²) in [6.45, 7) is -1.67.